The van der Waals surface area contributed by atoms with Gasteiger partial charge in [0.25, 0.3) is 0 Å². The van der Waals surface area contributed by atoms with Crippen LogP contribution in [0.4, 0.5) is 0 Å². The van der Waals surface area contributed by atoms with Gasteiger partial charge in [-0.2, -0.15) is 0 Å². The fourth-order valence-corrected chi connectivity index (χ4v) is 6.57. The van der Waals surface area contributed by atoms with E-state index in [0.29, 0.717) is 18.0 Å². The second-order valence-electron chi connectivity index (χ2n) is 10.8. The third kappa shape index (κ3) is 8.52. The van der Waals surface area contributed by atoms with Crippen LogP contribution in [0, 0.1) is 13.8 Å². The lowest BCUT2D eigenvalue weighted by Crippen LogP contribution is -2.46. The molecule has 4 N–H and O–H groups in total. The van der Waals surface area contributed by atoms with Crippen LogP contribution in [0.25, 0.3) is 0 Å². The molecule has 0 bridgehead atoms. The Kier molecular flexibility index (Phi) is 9.87. The SMILES string of the molecule is Cc1cc(CC(C)(C)NCC(O)COc2ccc(O)cc2)cc(C)c1OC[P@@](=O)(O)C1CCCCC1. The molecular formula is C28H42NO6P. The number of hydrogen-bond donors (Lipinski definition) is 4. The Labute approximate surface area is 215 Å². The molecule has 0 aromatic heterocycles. The van der Waals surface area contributed by atoms with Gasteiger partial charge >= 0.3 is 0 Å². The van der Waals surface area contributed by atoms with Crippen molar-refractivity contribution in [1.82, 2.24) is 5.32 Å². The monoisotopic (exact) mass is 519 g/mol. The lowest BCUT2D eigenvalue weighted by Gasteiger charge is -2.29. The summed E-state index contributed by atoms with van der Waals surface area (Å²) in [6, 6.07) is 10.5. The molecule has 0 aliphatic heterocycles. The van der Waals surface area contributed by atoms with Crippen molar-refractivity contribution < 1.29 is 29.1 Å². The van der Waals surface area contributed by atoms with Crippen LogP contribution in [0.2, 0.25) is 0 Å². The predicted molar refractivity (Wildman–Crippen MR) is 144 cm³/mol. The number of nitrogens with one attached hydrogen (secondary N) is 1. The minimum atomic E-state index is -3.34. The quantitative estimate of drug-likeness (QED) is 0.282. The highest BCUT2D eigenvalue weighted by Crippen LogP contribution is 2.52. The second-order valence-corrected chi connectivity index (χ2v) is 13.3. The summed E-state index contributed by atoms with van der Waals surface area (Å²) in [4.78, 5) is 10.6. The Morgan fingerprint density at radius 1 is 1.06 bits per heavy atom. The molecule has 0 radical (unpaired) electrons. The van der Waals surface area contributed by atoms with Gasteiger partial charge < -0.3 is 29.9 Å². The van der Waals surface area contributed by atoms with Gasteiger partial charge in [0.1, 0.15) is 30.0 Å². The van der Waals surface area contributed by atoms with Gasteiger partial charge in [-0.1, -0.05) is 31.4 Å². The average Bonchev–Trinajstić information content (AvgIpc) is 2.82. The van der Waals surface area contributed by atoms with E-state index in [1.54, 1.807) is 24.3 Å². The van der Waals surface area contributed by atoms with Crippen LogP contribution in [0.15, 0.2) is 36.4 Å². The van der Waals surface area contributed by atoms with Crippen molar-refractivity contribution >= 4 is 7.37 Å². The number of benzene rings is 2. The molecule has 0 amide bonds. The van der Waals surface area contributed by atoms with Gasteiger partial charge in [0, 0.05) is 17.7 Å². The van der Waals surface area contributed by atoms with Gasteiger partial charge in [-0.15, -0.1) is 0 Å². The molecule has 200 valence electrons. The van der Waals surface area contributed by atoms with Crippen molar-refractivity contribution in [3.63, 3.8) is 0 Å². The van der Waals surface area contributed by atoms with Crippen molar-refractivity contribution in [2.75, 3.05) is 19.5 Å². The fourth-order valence-electron chi connectivity index (χ4n) is 4.88. The fraction of sp³-hybridized carbons (Fsp3) is 0.571. The van der Waals surface area contributed by atoms with E-state index in [9.17, 15) is 19.7 Å². The number of aromatic hydroxyl groups is 1. The summed E-state index contributed by atoms with van der Waals surface area (Å²) in [6.07, 6.45) is 4.74. The van der Waals surface area contributed by atoms with Crippen molar-refractivity contribution in [2.45, 2.75) is 83.5 Å². The van der Waals surface area contributed by atoms with Crippen LogP contribution < -0.4 is 14.8 Å². The molecule has 0 heterocycles. The standard InChI is InChI=1S/C28H42NO6P/c1-20-14-22(15-21(2)27(20)35-19-36(32,33)26-8-6-5-7-9-26)16-28(3,4)29-17-24(31)18-34-25-12-10-23(30)11-13-25/h10-15,24,26,29-31H,5-9,16-19H2,1-4H3,(H,32,33). The van der Waals surface area contributed by atoms with Gasteiger partial charge in [0.2, 0.25) is 7.37 Å². The van der Waals surface area contributed by atoms with E-state index in [1.807, 2.05) is 13.8 Å². The first-order chi connectivity index (χ1) is 16.9. The molecule has 7 nitrogen and oxygen atoms in total. The number of β-amino-alcohol motifs (C(OH)–C–C–N with tert-alkyl or cyclic N) is 1. The zero-order valence-electron chi connectivity index (χ0n) is 22.0. The number of aliphatic hydroxyl groups is 1. The highest BCUT2D eigenvalue weighted by atomic mass is 31.2. The number of phenols is 1. The summed E-state index contributed by atoms with van der Waals surface area (Å²) in [7, 11) is -3.34. The summed E-state index contributed by atoms with van der Waals surface area (Å²) < 4.78 is 24.4. The number of hydrogen-bond acceptors (Lipinski definition) is 6. The molecule has 1 aliphatic rings. The molecule has 36 heavy (non-hydrogen) atoms. The maximum absolute atomic E-state index is 12.9. The van der Waals surface area contributed by atoms with Gasteiger partial charge in [0.15, 0.2) is 6.35 Å². The Morgan fingerprint density at radius 3 is 2.28 bits per heavy atom. The number of aliphatic hydroxyl groups excluding tert-OH is 1. The zero-order chi connectivity index (χ0) is 26.3. The molecular weight excluding hydrogens is 477 g/mol. The molecule has 0 spiro atoms. The van der Waals surface area contributed by atoms with Gasteiger partial charge in [-0.25, -0.2) is 0 Å². The Morgan fingerprint density at radius 2 is 1.67 bits per heavy atom. The van der Waals surface area contributed by atoms with E-state index < -0.39 is 13.5 Å². The van der Waals surface area contributed by atoms with Crippen LogP contribution in [0.5, 0.6) is 17.2 Å². The predicted octanol–water partition coefficient (Wildman–Crippen LogP) is 5.30. The lowest BCUT2D eigenvalue weighted by atomic mass is 9.92. The van der Waals surface area contributed by atoms with E-state index in [1.165, 1.54) is 0 Å². The third-order valence-corrected chi connectivity index (χ3v) is 8.96. The molecule has 0 saturated heterocycles. The van der Waals surface area contributed by atoms with E-state index >= 15 is 0 Å². The molecule has 2 aromatic carbocycles. The van der Waals surface area contributed by atoms with Crippen LogP contribution in [-0.2, 0) is 11.0 Å². The van der Waals surface area contributed by atoms with Crippen molar-refractivity contribution in [2.24, 2.45) is 0 Å². The van der Waals surface area contributed by atoms with E-state index in [-0.39, 0.29) is 29.9 Å². The van der Waals surface area contributed by atoms with E-state index in [4.69, 9.17) is 9.47 Å². The van der Waals surface area contributed by atoms with Crippen molar-refractivity contribution in [3.8, 4) is 17.2 Å². The number of phenolic OH excluding ortho intramolecular Hbond substituents is 1. The number of rotatable bonds is 12. The van der Waals surface area contributed by atoms with E-state index in [2.05, 4.69) is 31.3 Å². The maximum Gasteiger partial charge on any atom is 0.239 e. The first-order valence-corrected chi connectivity index (χ1v) is 14.8. The Hall–Kier alpha value is -2.05. The summed E-state index contributed by atoms with van der Waals surface area (Å²) in [5, 5.41) is 23.1. The molecule has 2 aromatic rings. The summed E-state index contributed by atoms with van der Waals surface area (Å²) in [6.45, 7) is 8.63. The molecule has 8 heteroatoms. The Bertz CT molecular complexity index is 1010. The topological polar surface area (TPSA) is 108 Å². The first-order valence-electron chi connectivity index (χ1n) is 12.8. The second kappa shape index (κ2) is 12.5. The average molecular weight is 520 g/mol. The minimum Gasteiger partial charge on any atom is -0.508 e. The van der Waals surface area contributed by atoms with Crippen LogP contribution in [-0.4, -0.2) is 51.9 Å². The molecule has 1 saturated carbocycles. The Balaban J connectivity index is 1.51. The van der Waals surface area contributed by atoms with Crippen LogP contribution in [0.1, 0.15) is 62.6 Å². The van der Waals surface area contributed by atoms with Gasteiger partial charge in [-0.05, 0) is 87.9 Å². The number of ether oxygens (including phenoxy) is 2. The normalized spacial score (nSPS) is 17.4. The van der Waals surface area contributed by atoms with E-state index in [0.717, 1.165) is 55.2 Å². The van der Waals surface area contributed by atoms with Crippen LogP contribution in [0.3, 0.4) is 0 Å². The summed E-state index contributed by atoms with van der Waals surface area (Å²) in [5.41, 5.74) is 2.62. The van der Waals surface area contributed by atoms with Gasteiger partial charge in [-0.3, -0.25) is 4.57 Å². The zero-order valence-corrected chi connectivity index (χ0v) is 22.9. The summed E-state index contributed by atoms with van der Waals surface area (Å²) in [5.74, 6) is 1.45. The summed E-state index contributed by atoms with van der Waals surface area (Å²) >= 11 is 0. The maximum atomic E-state index is 12.9. The highest BCUT2D eigenvalue weighted by Gasteiger charge is 2.33. The lowest BCUT2D eigenvalue weighted by molar-refractivity contribution is 0.0988. The molecule has 1 unspecified atom stereocenters. The van der Waals surface area contributed by atoms with Crippen LogP contribution >= 0.6 is 7.37 Å². The van der Waals surface area contributed by atoms with Gasteiger partial charge in [0.05, 0.1) is 0 Å². The molecule has 1 fully saturated rings. The smallest absolute Gasteiger partial charge is 0.239 e. The van der Waals surface area contributed by atoms with Crippen molar-refractivity contribution in [1.29, 1.82) is 0 Å². The van der Waals surface area contributed by atoms with Crippen molar-refractivity contribution in [3.05, 3.63) is 53.1 Å². The third-order valence-electron chi connectivity index (χ3n) is 6.80. The number of aryl methyl sites for hydroxylation is 2. The molecule has 1 aliphatic carbocycles. The highest BCUT2D eigenvalue weighted by molar-refractivity contribution is 7.58. The molecule has 3 rings (SSSR count). The largest absolute Gasteiger partial charge is 0.508 e. The molecule has 2 atom stereocenters. The first kappa shape index (κ1) is 28.5. The minimum absolute atomic E-state index is 0.129.